The first-order valence-electron chi connectivity index (χ1n) is 10.7. The number of hydrogen-bond acceptors (Lipinski definition) is 7. The maximum absolute atomic E-state index is 12.6. The summed E-state index contributed by atoms with van der Waals surface area (Å²) in [6.45, 7) is 2.92. The molecule has 4 heterocycles. The number of aromatic amines is 1. The fraction of sp³-hybridized carbons (Fsp3) is 0.261. The number of hydrogen-bond donors (Lipinski definition) is 4. The van der Waals surface area contributed by atoms with E-state index in [4.69, 9.17) is 5.73 Å². The van der Waals surface area contributed by atoms with Crippen LogP contribution in [0.4, 0.5) is 20.4 Å². The number of piperidine rings is 1. The number of halogens is 2. The molecule has 0 unspecified atom stereocenters. The van der Waals surface area contributed by atoms with E-state index in [9.17, 15) is 13.6 Å². The summed E-state index contributed by atoms with van der Waals surface area (Å²) in [5.74, 6) is -2.60. The maximum atomic E-state index is 12.6. The van der Waals surface area contributed by atoms with Crippen LogP contribution in [0, 0.1) is 6.92 Å². The lowest BCUT2D eigenvalue weighted by Crippen LogP contribution is -2.35. The van der Waals surface area contributed by atoms with Gasteiger partial charge < -0.3 is 16.4 Å². The summed E-state index contributed by atoms with van der Waals surface area (Å²) < 4.78 is 24.3. The Hall–Kier alpha value is -3.99. The summed E-state index contributed by atoms with van der Waals surface area (Å²) in [7, 11) is 0. The first-order chi connectivity index (χ1) is 16.3. The summed E-state index contributed by atoms with van der Waals surface area (Å²) in [5, 5.41) is 13.3. The third-order valence-corrected chi connectivity index (χ3v) is 5.25. The predicted molar refractivity (Wildman–Crippen MR) is 126 cm³/mol. The van der Waals surface area contributed by atoms with E-state index in [0.717, 1.165) is 27.6 Å². The molecule has 5 rings (SSSR count). The Kier molecular flexibility index (Phi) is 6.73. The van der Waals surface area contributed by atoms with Crippen molar-refractivity contribution in [3.63, 3.8) is 0 Å². The van der Waals surface area contributed by atoms with Gasteiger partial charge in [-0.25, -0.2) is 18.7 Å². The van der Waals surface area contributed by atoms with Crippen molar-refractivity contribution >= 4 is 28.4 Å². The second kappa shape index (κ2) is 9.87. The van der Waals surface area contributed by atoms with Crippen LogP contribution in [0.5, 0.6) is 0 Å². The third-order valence-electron chi connectivity index (χ3n) is 5.25. The second-order valence-corrected chi connectivity index (χ2v) is 7.97. The Morgan fingerprint density at radius 3 is 2.44 bits per heavy atom. The number of aryl methyl sites for hydroxylation is 1. The first-order valence-corrected chi connectivity index (χ1v) is 10.7. The third kappa shape index (κ3) is 5.67. The molecule has 11 heteroatoms. The average molecular weight is 466 g/mol. The van der Waals surface area contributed by atoms with Crippen LogP contribution in [0.25, 0.3) is 22.0 Å². The number of nitrogens with two attached hydrogens (primary N) is 1. The van der Waals surface area contributed by atoms with Crippen molar-refractivity contribution in [2.75, 3.05) is 24.1 Å². The van der Waals surface area contributed by atoms with Gasteiger partial charge in [0, 0.05) is 49.3 Å². The van der Waals surface area contributed by atoms with E-state index in [2.05, 4.69) is 35.8 Å². The van der Waals surface area contributed by atoms with Crippen molar-refractivity contribution in [3.8, 4) is 11.1 Å². The molecule has 0 atom stereocenters. The Bertz CT molecular complexity index is 1280. The molecule has 3 aromatic heterocycles. The van der Waals surface area contributed by atoms with E-state index in [1.165, 1.54) is 12.4 Å². The lowest BCUT2D eigenvalue weighted by Gasteiger charge is -2.21. The van der Waals surface area contributed by atoms with Crippen molar-refractivity contribution in [2.45, 2.75) is 25.7 Å². The van der Waals surface area contributed by atoms with Crippen molar-refractivity contribution in [3.05, 3.63) is 60.3 Å². The lowest BCUT2D eigenvalue weighted by atomic mass is 10.0. The van der Waals surface area contributed by atoms with Gasteiger partial charge in [-0.2, -0.15) is 5.10 Å². The zero-order valence-corrected chi connectivity index (χ0v) is 18.5. The van der Waals surface area contributed by atoms with Crippen LogP contribution in [-0.4, -0.2) is 50.1 Å². The lowest BCUT2D eigenvalue weighted by molar-refractivity contribution is -0.0274. The highest BCUT2D eigenvalue weighted by atomic mass is 19.3. The van der Waals surface area contributed by atoms with Gasteiger partial charge in [0.05, 0.1) is 23.6 Å². The molecule has 0 aliphatic carbocycles. The second-order valence-electron chi connectivity index (χ2n) is 7.97. The molecule has 4 aromatic rings. The van der Waals surface area contributed by atoms with E-state index in [0.29, 0.717) is 24.5 Å². The molecule has 1 amide bonds. The number of H-pyrrole nitrogens is 1. The molecule has 1 fully saturated rings. The molecule has 1 saturated heterocycles. The van der Waals surface area contributed by atoms with Crippen molar-refractivity contribution in [2.24, 2.45) is 0 Å². The van der Waals surface area contributed by atoms with Crippen LogP contribution in [0.15, 0.2) is 49.1 Å². The fourth-order valence-electron chi connectivity index (χ4n) is 3.46. The van der Waals surface area contributed by atoms with Gasteiger partial charge in [-0.1, -0.05) is 6.07 Å². The number of nitrogens with one attached hydrogen (secondary N) is 3. The van der Waals surface area contributed by atoms with E-state index in [1.807, 2.05) is 31.2 Å². The minimum absolute atomic E-state index is 0.00694. The van der Waals surface area contributed by atoms with Crippen LogP contribution in [0.1, 0.15) is 28.9 Å². The van der Waals surface area contributed by atoms with Gasteiger partial charge in [-0.3, -0.25) is 14.9 Å². The van der Waals surface area contributed by atoms with Gasteiger partial charge in [0.25, 0.3) is 11.8 Å². The minimum Gasteiger partial charge on any atom is -0.368 e. The fourth-order valence-corrected chi connectivity index (χ4v) is 3.46. The van der Waals surface area contributed by atoms with Crippen LogP contribution in [-0.2, 0) is 0 Å². The molecular formula is C23H24F2N8O. The van der Waals surface area contributed by atoms with Crippen LogP contribution >= 0.6 is 0 Å². The highest BCUT2D eigenvalue weighted by Gasteiger charge is 2.30. The van der Waals surface area contributed by atoms with Crippen molar-refractivity contribution in [1.82, 2.24) is 30.5 Å². The molecule has 1 aliphatic rings. The quantitative estimate of drug-likeness (QED) is 0.363. The Morgan fingerprint density at radius 2 is 1.79 bits per heavy atom. The number of carbonyl (C=O) groups excluding carboxylic acids is 1. The highest BCUT2D eigenvalue weighted by molar-refractivity contribution is 6.11. The SMILES string of the molecule is Cc1cncc(-c2ccc3[nH]nc(C(=O)Nc4cnc(N)nc4)c3c2)c1.FC1(F)CCNCC1. The molecule has 34 heavy (non-hydrogen) atoms. The number of anilines is 2. The number of fused-ring (bicyclic) bond motifs is 1. The monoisotopic (exact) mass is 466 g/mol. The van der Waals surface area contributed by atoms with Gasteiger partial charge in [0.15, 0.2) is 5.69 Å². The number of nitrogens with zero attached hydrogens (tertiary/aromatic N) is 4. The summed E-state index contributed by atoms with van der Waals surface area (Å²) in [5.41, 5.74) is 9.96. The normalized spacial score (nSPS) is 14.8. The molecule has 0 saturated carbocycles. The zero-order valence-electron chi connectivity index (χ0n) is 18.5. The van der Waals surface area contributed by atoms with Gasteiger partial charge in [-0.15, -0.1) is 0 Å². The van der Waals surface area contributed by atoms with Crippen molar-refractivity contribution in [1.29, 1.82) is 0 Å². The Balaban J connectivity index is 0.000000291. The number of alkyl halides is 2. The number of pyridine rings is 1. The van der Waals surface area contributed by atoms with E-state index in [-0.39, 0.29) is 24.7 Å². The standard InChI is InChI=1S/C18H15N7O.C5H9F2N/c1-10-4-12(7-20-6-10)11-2-3-15-14(5-11)16(25-24-15)17(26)23-13-8-21-18(19)22-9-13;6-5(7)1-3-8-4-2-5/h2-9H,1H3,(H,23,26)(H,24,25)(H2,19,21,22);8H,1-4H2. The minimum atomic E-state index is -2.38. The Labute approximate surface area is 194 Å². The summed E-state index contributed by atoms with van der Waals surface area (Å²) in [6, 6.07) is 7.82. The van der Waals surface area contributed by atoms with Gasteiger partial charge >= 0.3 is 0 Å². The summed E-state index contributed by atoms with van der Waals surface area (Å²) in [6.07, 6.45) is 6.49. The molecule has 9 nitrogen and oxygen atoms in total. The highest BCUT2D eigenvalue weighted by Crippen LogP contribution is 2.26. The number of aromatic nitrogens is 5. The molecule has 176 valence electrons. The van der Waals surface area contributed by atoms with Crippen LogP contribution in [0.3, 0.4) is 0 Å². The molecule has 5 N–H and O–H groups in total. The molecule has 1 aliphatic heterocycles. The number of benzene rings is 1. The average Bonchev–Trinajstić information content (AvgIpc) is 3.24. The van der Waals surface area contributed by atoms with Gasteiger partial charge in [0.1, 0.15) is 0 Å². The molecular weight excluding hydrogens is 442 g/mol. The first kappa shape index (κ1) is 23.2. The largest absolute Gasteiger partial charge is 0.368 e. The van der Waals surface area contributed by atoms with E-state index in [1.54, 1.807) is 12.4 Å². The summed E-state index contributed by atoms with van der Waals surface area (Å²) in [4.78, 5) is 24.5. The topological polar surface area (TPSA) is 134 Å². The molecule has 0 spiro atoms. The Morgan fingerprint density at radius 1 is 1.06 bits per heavy atom. The smallest absolute Gasteiger partial charge is 0.276 e. The molecule has 0 bridgehead atoms. The number of rotatable bonds is 3. The molecule has 1 aromatic carbocycles. The van der Waals surface area contributed by atoms with E-state index >= 15 is 0 Å². The van der Waals surface area contributed by atoms with Gasteiger partial charge in [0.2, 0.25) is 5.95 Å². The predicted octanol–water partition coefficient (Wildman–Crippen LogP) is 3.56. The van der Waals surface area contributed by atoms with Crippen molar-refractivity contribution < 1.29 is 13.6 Å². The van der Waals surface area contributed by atoms with Crippen LogP contribution < -0.4 is 16.4 Å². The van der Waals surface area contributed by atoms with E-state index < -0.39 is 5.92 Å². The number of nitrogen functional groups attached to an aromatic ring is 1. The number of amides is 1. The molecule has 0 radical (unpaired) electrons. The van der Waals surface area contributed by atoms with Gasteiger partial charge in [-0.05, 0) is 36.2 Å². The maximum Gasteiger partial charge on any atom is 0.276 e. The number of carbonyl (C=O) groups is 1. The summed E-state index contributed by atoms with van der Waals surface area (Å²) >= 11 is 0. The van der Waals surface area contributed by atoms with Crippen LogP contribution in [0.2, 0.25) is 0 Å². The zero-order chi connectivity index (χ0) is 24.1.